The maximum atomic E-state index is 6.13. The van der Waals surface area contributed by atoms with Crippen LogP contribution in [0, 0.1) is 5.92 Å². The third-order valence-electron chi connectivity index (χ3n) is 3.81. The molecule has 0 aromatic heterocycles. The molecule has 1 atom stereocenters. The summed E-state index contributed by atoms with van der Waals surface area (Å²) < 4.78 is 0. The maximum Gasteiger partial charge on any atom is 0.00703 e. The zero-order chi connectivity index (χ0) is 12.5. The van der Waals surface area contributed by atoms with Crippen molar-refractivity contribution in [2.24, 2.45) is 11.7 Å². The lowest BCUT2D eigenvalue weighted by atomic mass is 9.86. The molecule has 1 heteroatoms. The van der Waals surface area contributed by atoms with Gasteiger partial charge in [-0.1, -0.05) is 45.0 Å². The van der Waals surface area contributed by atoms with E-state index in [4.69, 9.17) is 5.73 Å². The standard InChI is InChI=1S/C16H25N/c1-16(2,3)14-9-4-12(5-10-14)6-11-15(17)13-7-8-13/h4-5,9-10,13,15H,6-8,11,17H2,1-3H3. The van der Waals surface area contributed by atoms with Gasteiger partial charge in [0, 0.05) is 6.04 Å². The van der Waals surface area contributed by atoms with Gasteiger partial charge in [0.25, 0.3) is 0 Å². The van der Waals surface area contributed by atoms with Crippen LogP contribution in [0.4, 0.5) is 0 Å². The lowest BCUT2D eigenvalue weighted by Crippen LogP contribution is -2.22. The van der Waals surface area contributed by atoms with Crippen molar-refractivity contribution in [3.8, 4) is 0 Å². The lowest BCUT2D eigenvalue weighted by Gasteiger charge is -2.19. The van der Waals surface area contributed by atoms with Crippen LogP contribution in [0.25, 0.3) is 0 Å². The molecule has 0 bridgehead atoms. The van der Waals surface area contributed by atoms with Gasteiger partial charge in [0.05, 0.1) is 0 Å². The van der Waals surface area contributed by atoms with Gasteiger partial charge in [-0.2, -0.15) is 0 Å². The zero-order valence-corrected chi connectivity index (χ0v) is 11.4. The van der Waals surface area contributed by atoms with Crippen LogP contribution in [0.1, 0.15) is 51.2 Å². The topological polar surface area (TPSA) is 26.0 Å². The Morgan fingerprint density at radius 3 is 2.24 bits per heavy atom. The Kier molecular flexibility index (Phi) is 3.58. The van der Waals surface area contributed by atoms with Gasteiger partial charge in [-0.05, 0) is 48.1 Å². The van der Waals surface area contributed by atoms with Crippen molar-refractivity contribution < 1.29 is 0 Å². The highest BCUT2D eigenvalue weighted by molar-refractivity contribution is 5.27. The van der Waals surface area contributed by atoms with Crippen LogP contribution in [0.2, 0.25) is 0 Å². The first kappa shape index (κ1) is 12.6. The van der Waals surface area contributed by atoms with Crippen molar-refractivity contribution in [1.29, 1.82) is 0 Å². The SMILES string of the molecule is CC(C)(C)c1ccc(CCC(N)C2CC2)cc1. The van der Waals surface area contributed by atoms with E-state index >= 15 is 0 Å². The van der Waals surface area contributed by atoms with E-state index < -0.39 is 0 Å². The highest BCUT2D eigenvalue weighted by Gasteiger charge is 2.27. The van der Waals surface area contributed by atoms with Gasteiger partial charge in [0.2, 0.25) is 0 Å². The summed E-state index contributed by atoms with van der Waals surface area (Å²) in [6, 6.07) is 9.48. The van der Waals surface area contributed by atoms with Crippen molar-refractivity contribution in [2.45, 2.75) is 57.9 Å². The Bertz CT molecular complexity index is 354. The Hall–Kier alpha value is -0.820. The van der Waals surface area contributed by atoms with Crippen molar-refractivity contribution in [3.63, 3.8) is 0 Å². The molecule has 1 saturated carbocycles. The van der Waals surface area contributed by atoms with E-state index in [0.29, 0.717) is 6.04 Å². The van der Waals surface area contributed by atoms with E-state index in [1.54, 1.807) is 0 Å². The van der Waals surface area contributed by atoms with Crippen LogP contribution in [-0.4, -0.2) is 6.04 Å². The fourth-order valence-corrected chi connectivity index (χ4v) is 2.26. The minimum Gasteiger partial charge on any atom is -0.327 e. The molecule has 1 aliphatic carbocycles. The molecule has 0 radical (unpaired) electrons. The number of nitrogens with two attached hydrogens (primary N) is 1. The third-order valence-corrected chi connectivity index (χ3v) is 3.81. The van der Waals surface area contributed by atoms with Gasteiger partial charge in [0.1, 0.15) is 0 Å². The summed E-state index contributed by atoms with van der Waals surface area (Å²) >= 11 is 0. The number of aryl methyl sites for hydroxylation is 1. The van der Waals surface area contributed by atoms with Gasteiger partial charge < -0.3 is 5.73 Å². The minimum atomic E-state index is 0.253. The van der Waals surface area contributed by atoms with Crippen LogP contribution in [-0.2, 0) is 11.8 Å². The zero-order valence-electron chi connectivity index (χ0n) is 11.4. The van der Waals surface area contributed by atoms with Gasteiger partial charge in [-0.3, -0.25) is 0 Å². The molecule has 0 amide bonds. The normalized spacial score (nSPS) is 18.1. The summed E-state index contributed by atoms with van der Waals surface area (Å²) in [5.41, 5.74) is 9.21. The molecule has 2 rings (SSSR count). The van der Waals surface area contributed by atoms with E-state index in [9.17, 15) is 0 Å². The smallest absolute Gasteiger partial charge is 0.00703 e. The second kappa shape index (κ2) is 4.81. The van der Waals surface area contributed by atoms with Gasteiger partial charge in [-0.15, -0.1) is 0 Å². The second-order valence-corrected chi connectivity index (χ2v) is 6.49. The molecule has 1 fully saturated rings. The van der Waals surface area contributed by atoms with Crippen LogP contribution in [0.3, 0.4) is 0 Å². The monoisotopic (exact) mass is 231 g/mol. The van der Waals surface area contributed by atoms with E-state index in [-0.39, 0.29) is 5.41 Å². The minimum absolute atomic E-state index is 0.253. The molecule has 1 aromatic carbocycles. The Morgan fingerprint density at radius 1 is 1.18 bits per heavy atom. The Balaban J connectivity index is 1.89. The van der Waals surface area contributed by atoms with Gasteiger partial charge >= 0.3 is 0 Å². The number of hydrogen-bond donors (Lipinski definition) is 1. The molecule has 0 heterocycles. The van der Waals surface area contributed by atoms with Gasteiger partial charge in [-0.25, -0.2) is 0 Å². The number of rotatable bonds is 4. The van der Waals surface area contributed by atoms with Crippen molar-refractivity contribution in [1.82, 2.24) is 0 Å². The van der Waals surface area contributed by atoms with Crippen LogP contribution < -0.4 is 5.73 Å². The molecule has 1 unspecified atom stereocenters. The Labute approximate surface area is 105 Å². The summed E-state index contributed by atoms with van der Waals surface area (Å²) in [5, 5.41) is 0. The maximum absolute atomic E-state index is 6.13. The van der Waals surface area contributed by atoms with E-state index in [0.717, 1.165) is 18.8 Å². The van der Waals surface area contributed by atoms with Gasteiger partial charge in [0.15, 0.2) is 0 Å². The molecule has 0 aliphatic heterocycles. The molecule has 1 aromatic rings. The van der Waals surface area contributed by atoms with E-state index in [2.05, 4.69) is 45.0 Å². The molecular weight excluding hydrogens is 206 g/mol. The first-order chi connectivity index (χ1) is 7.97. The molecule has 2 N–H and O–H groups in total. The summed E-state index contributed by atoms with van der Waals surface area (Å²) in [6.07, 6.45) is 4.97. The molecular formula is C16H25N. The van der Waals surface area contributed by atoms with Crippen LogP contribution >= 0.6 is 0 Å². The highest BCUT2D eigenvalue weighted by Crippen LogP contribution is 2.33. The third kappa shape index (κ3) is 3.57. The summed E-state index contributed by atoms with van der Waals surface area (Å²) in [4.78, 5) is 0. The van der Waals surface area contributed by atoms with Crippen molar-refractivity contribution in [3.05, 3.63) is 35.4 Å². The molecule has 0 saturated heterocycles. The predicted molar refractivity (Wildman–Crippen MR) is 74.2 cm³/mol. The van der Waals surface area contributed by atoms with E-state index in [1.807, 2.05) is 0 Å². The molecule has 0 spiro atoms. The lowest BCUT2D eigenvalue weighted by molar-refractivity contribution is 0.549. The average molecular weight is 231 g/mol. The average Bonchev–Trinajstić information content (AvgIpc) is 3.09. The molecule has 1 aliphatic rings. The largest absolute Gasteiger partial charge is 0.327 e. The molecule has 1 nitrogen and oxygen atoms in total. The van der Waals surface area contributed by atoms with E-state index in [1.165, 1.54) is 24.0 Å². The van der Waals surface area contributed by atoms with Crippen molar-refractivity contribution >= 4 is 0 Å². The summed E-state index contributed by atoms with van der Waals surface area (Å²) in [5.74, 6) is 0.823. The van der Waals surface area contributed by atoms with Crippen LogP contribution in [0.15, 0.2) is 24.3 Å². The number of benzene rings is 1. The molecule has 94 valence electrons. The first-order valence-corrected chi connectivity index (χ1v) is 6.82. The van der Waals surface area contributed by atoms with Crippen LogP contribution in [0.5, 0.6) is 0 Å². The predicted octanol–water partition coefficient (Wildman–Crippen LogP) is 3.65. The van der Waals surface area contributed by atoms with Crippen molar-refractivity contribution in [2.75, 3.05) is 0 Å². The fourth-order valence-electron chi connectivity index (χ4n) is 2.26. The number of hydrogen-bond acceptors (Lipinski definition) is 1. The Morgan fingerprint density at radius 2 is 1.76 bits per heavy atom. The molecule has 17 heavy (non-hydrogen) atoms. The first-order valence-electron chi connectivity index (χ1n) is 6.82. The summed E-state index contributed by atoms with van der Waals surface area (Å²) in [7, 11) is 0. The quantitative estimate of drug-likeness (QED) is 0.841. The highest BCUT2D eigenvalue weighted by atomic mass is 14.7. The summed E-state index contributed by atoms with van der Waals surface area (Å²) in [6.45, 7) is 6.76. The second-order valence-electron chi connectivity index (χ2n) is 6.49. The fraction of sp³-hybridized carbons (Fsp3) is 0.625.